The monoisotopic (exact) mass is 375 g/mol. The number of nitrogens with zero attached hydrogens (tertiary/aromatic N) is 4. The minimum atomic E-state index is -0.204. The Hall–Kier alpha value is -3.12. The number of anilines is 2. The van der Waals surface area contributed by atoms with Gasteiger partial charge < -0.3 is 15.1 Å². The summed E-state index contributed by atoms with van der Waals surface area (Å²) in [4.78, 5) is 17.3. The van der Waals surface area contributed by atoms with Gasteiger partial charge in [0.25, 0.3) is 5.91 Å². The van der Waals surface area contributed by atoms with Crippen molar-refractivity contribution in [3.05, 3.63) is 66.4 Å². The number of nitrogens with one attached hydrogen (secondary N) is 1. The minimum Gasteiger partial charge on any atom is -0.369 e. The van der Waals surface area contributed by atoms with Crippen LogP contribution in [0.3, 0.4) is 0 Å². The topological polar surface area (TPSA) is 53.4 Å². The molecule has 2 heterocycles. The number of aryl methyl sites for hydroxylation is 1. The molecule has 1 fully saturated rings. The zero-order chi connectivity index (χ0) is 19.5. The van der Waals surface area contributed by atoms with E-state index in [1.165, 1.54) is 5.69 Å². The Labute approximate surface area is 165 Å². The maximum absolute atomic E-state index is 12.6. The smallest absolute Gasteiger partial charge is 0.276 e. The number of hydrogen-bond donors (Lipinski definition) is 1. The summed E-state index contributed by atoms with van der Waals surface area (Å²) >= 11 is 0. The Kier molecular flexibility index (Phi) is 5.12. The van der Waals surface area contributed by atoms with Crippen LogP contribution in [0.15, 0.2) is 60.7 Å². The van der Waals surface area contributed by atoms with Crippen LogP contribution in [0.25, 0.3) is 11.3 Å². The zero-order valence-corrected chi connectivity index (χ0v) is 16.3. The van der Waals surface area contributed by atoms with E-state index in [0.29, 0.717) is 5.69 Å². The SMILES string of the molecule is CN1CCN(c2ccc(NC(=O)c3cc(-c4ccccc4)n(C)n3)cc2)CC1. The molecule has 4 rings (SSSR count). The maximum Gasteiger partial charge on any atom is 0.276 e. The Bertz CT molecular complexity index is 941. The maximum atomic E-state index is 12.6. The number of carbonyl (C=O) groups is 1. The van der Waals surface area contributed by atoms with E-state index in [1.54, 1.807) is 4.68 Å². The number of piperazine rings is 1. The molecule has 6 nitrogen and oxygen atoms in total. The third kappa shape index (κ3) is 3.92. The fourth-order valence-electron chi connectivity index (χ4n) is 3.47. The summed E-state index contributed by atoms with van der Waals surface area (Å²) in [5.41, 5.74) is 4.32. The van der Waals surface area contributed by atoms with Crippen LogP contribution in [0.4, 0.5) is 11.4 Å². The first kappa shape index (κ1) is 18.3. The molecule has 0 spiro atoms. The van der Waals surface area contributed by atoms with E-state index in [0.717, 1.165) is 43.1 Å². The molecule has 1 aliphatic heterocycles. The molecule has 1 aliphatic rings. The lowest BCUT2D eigenvalue weighted by Crippen LogP contribution is -2.44. The lowest BCUT2D eigenvalue weighted by Gasteiger charge is -2.34. The van der Waals surface area contributed by atoms with Crippen LogP contribution < -0.4 is 10.2 Å². The number of rotatable bonds is 4. The summed E-state index contributed by atoms with van der Waals surface area (Å²) in [5.74, 6) is -0.204. The number of likely N-dealkylation sites (N-methyl/N-ethyl adjacent to an activating group) is 1. The average Bonchev–Trinajstić information content (AvgIpc) is 3.12. The zero-order valence-electron chi connectivity index (χ0n) is 16.3. The molecule has 0 unspecified atom stereocenters. The lowest BCUT2D eigenvalue weighted by atomic mass is 10.1. The summed E-state index contributed by atoms with van der Waals surface area (Å²) < 4.78 is 1.74. The second kappa shape index (κ2) is 7.86. The van der Waals surface area contributed by atoms with Gasteiger partial charge >= 0.3 is 0 Å². The van der Waals surface area contributed by atoms with Gasteiger partial charge in [0.2, 0.25) is 0 Å². The largest absolute Gasteiger partial charge is 0.369 e. The molecule has 6 heteroatoms. The molecule has 0 atom stereocenters. The van der Waals surface area contributed by atoms with Crippen molar-refractivity contribution >= 4 is 17.3 Å². The van der Waals surface area contributed by atoms with Crippen LogP contribution in [0.5, 0.6) is 0 Å². The molecule has 144 valence electrons. The van der Waals surface area contributed by atoms with Gasteiger partial charge in [0.15, 0.2) is 5.69 Å². The molecule has 1 saturated heterocycles. The first-order valence-electron chi connectivity index (χ1n) is 9.54. The van der Waals surface area contributed by atoms with E-state index in [9.17, 15) is 4.79 Å². The van der Waals surface area contributed by atoms with Gasteiger partial charge in [-0.2, -0.15) is 5.10 Å². The third-order valence-corrected chi connectivity index (χ3v) is 5.18. The summed E-state index contributed by atoms with van der Waals surface area (Å²) in [6.45, 7) is 4.20. The number of aromatic nitrogens is 2. The standard InChI is InChI=1S/C22H25N5O/c1-25-12-14-27(15-13-25)19-10-8-18(9-11-19)23-22(28)20-16-21(26(2)24-20)17-6-4-3-5-7-17/h3-11,16H,12-15H2,1-2H3,(H,23,28). The van der Waals surface area contributed by atoms with Gasteiger partial charge in [-0.05, 0) is 42.9 Å². The van der Waals surface area contributed by atoms with E-state index in [-0.39, 0.29) is 5.91 Å². The van der Waals surface area contributed by atoms with E-state index in [4.69, 9.17) is 0 Å². The average molecular weight is 375 g/mol. The highest BCUT2D eigenvalue weighted by Gasteiger charge is 2.16. The summed E-state index contributed by atoms with van der Waals surface area (Å²) in [5, 5.41) is 7.32. The fraction of sp³-hybridized carbons (Fsp3) is 0.273. The molecular formula is C22H25N5O. The van der Waals surface area contributed by atoms with Crippen molar-refractivity contribution in [1.29, 1.82) is 0 Å². The van der Waals surface area contributed by atoms with E-state index < -0.39 is 0 Å². The minimum absolute atomic E-state index is 0.204. The van der Waals surface area contributed by atoms with Gasteiger partial charge in [0.1, 0.15) is 0 Å². The van der Waals surface area contributed by atoms with Crippen molar-refractivity contribution in [2.45, 2.75) is 0 Å². The molecule has 1 aromatic heterocycles. The third-order valence-electron chi connectivity index (χ3n) is 5.18. The van der Waals surface area contributed by atoms with Crippen LogP contribution in [0.1, 0.15) is 10.5 Å². The number of benzene rings is 2. The molecule has 0 bridgehead atoms. The highest BCUT2D eigenvalue weighted by molar-refractivity contribution is 6.03. The van der Waals surface area contributed by atoms with Gasteiger partial charge in [-0.1, -0.05) is 30.3 Å². The molecule has 0 saturated carbocycles. The Morgan fingerprint density at radius 1 is 0.929 bits per heavy atom. The van der Waals surface area contributed by atoms with Gasteiger partial charge in [-0.3, -0.25) is 9.48 Å². The molecule has 28 heavy (non-hydrogen) atoms. The van der Waals surface area contributed by atoms with Crippen LogP contribution in [-0.4, -0.2) is 53.8 Å². The second-order valence-corrected chi connectivity index (χ2v) is 7.20. The van der Waals surface area contributed by atoms with Gasteiger partial charge in [0, 0.05) is 44.6 Å². The molecule has 0 radical (unpaired) electrons. The molecule has 1 N–H and O–H groups in total. The van der Waals surface area contributed by atoms with E-state index >= 15 is 0 Å². The normalized spacial score (nSPS) is 14.9. The number of hydrogen-bond acceptors (Lipinski definition) is 4. The van der Waals surface area contributed by atoms with Crippen LogP contribution in [0, 0.1) is 0 Å². The lowest BCUT2D eigenvalue weighted by molar-refractivity contribution is 0.102. The van der Waals surface area contributed by atoms with Crippen molar-refractivity contribution in [3.63, 3.8) is 0 Å². The van der Waals surface area contributed by atoms with Crippen LogP contribution in [0.2, 0.25) is 0 Å². The van der Waals surface area contributed by atoms with Crippen LogP contribution >= 0.6 is 0 Å². The van der Waals surface area contributed by atoms with Crippen LogP contribution in [-0.2, 0) is 7.05 Å². The first-order valence-corrected chi connectivity index (χ1v) is 9.54. The summed E-state index contributed by atoms with van der Waals surface area (Å²) in [6.07, 6.45) is 0. The molecule has 0 aliphatic carbocycles. The van der Waals surface area contributed by atoms with E-state index in [2.05, 4.69) is 39.4 Å². The van der Waals surface area contributed by atoms with Crippen molar-refractivity contribution in [3.8, 4) is 11.3 Å². The Morgan fingerprint density at radius 3 is 2.29 bits per heavy atom. The molecule has 3 aromatic rings. The first-order chi connectivity index (χ1) is 13.6. The number of carbonyl (C=O) groups excluding carboxylic acids is 1. The molecular weight excluding hydrogens is 350 g/mol. The predicted octanol–water partition coefficient (Wildman–Crippen LogP) is 3.09. The fourth-order valence-corrected chi connectivity index (χ4v) is 3.47. The van der Waals surface area contributed by atoms with Crippen molar-refractivity contribution < 1.29 is 4.79 Å². The quantitative estimate of drug-likeness (QED) is 0.761. The van der Waals surface area contributed by atoms with Gasteiger partial charge in [-0.15, -0.1) is 0 Å². The molecule has 1 amide bonds. The summed E-state index contributed by atoms with van der Waals surface area (Å²) in [7, 11) is 4.00. The van der Waals surface area contributed by atoms with E-state index in [1.807, 2.05) is 55.6 Å². The van der Waals surface area contributed by atoms with Gasteiger partial charge in [0.05, 0.1) is 5.69 Å². The highest BCUT2D eigenvalue weighted by atomic mass is 16.1. The van der Waals surface area contributed by atoms with Crippen molar-refractivity contribution in [2.24, 2.45) is 7.05 Å². The summed E-state index contributed by atoms with van der Waals surface area (Å²) in [6, 6.07) is 19.8. The number of amides is 1. The second-order valence-electron chi connectivity index (χ2n) is 7.20. The Balaban J connectivity index is 1.44. The van der Waals surface area contributed by atoms with Crippen molar-refractivity contribution in [1.82, 2.24) is 14.7 Å². The predicted molar refractivity (Wildman–Crippen MR) is 113 cm³/mol. The van der Waals surface area contributed by atoms with Gasteiger partial charge in [-0.25, -0.2) is 0 Å². The molecule has 2 aromatic carbocycles. The highest BCUT2D eigenvalue weighted by Crippen LogP contribution is 2.22. The Morgan fingerprint density at radius 2 is 1.61 bits per heavy atom. The van der Waals surface area contributed by atoms with Crippen molar-refractivity contribution in [2.75, 3.05) is 43.4 Å².